The van der Waals surface area contributed by atoms with Gasteiger partial charge in [0.15, 0.2) is 5.65 Å². The molecule has 0 aliphatic rings. The van der Waals surface area contributed by atoms with Crippen LogP contribution >= 0.6 is 23.2 Å². The summed E-state index contributed by atoms with van der Waals surface area (Å²) in [5.41, 5.74) is 3.80. The highest BCUT2D eigenvalue weighted by Gasteiger charge is 2.17. The molecule has 0 radical (unpaired) electrons. The number of halogens is 2. The maximum Gasteiger partial charge on any atom is 0.246 e. The van der Waals surface area contributed by atoms with Crippen molar-refractivity contribution in [1.82, 2.24) is 24.5 Å². The zero-order valence-corrected chi connectivity index (χ0v) is 19.0. The Bertz CT molecular complexity index is 1460. The van der Waals surface area contributed by atoms with Crippen molar-refractivity contribution in [2.24, 2.45) is 0 Å². The van der Waals surface area contributed by atoms with Crippen molar-refractivity contribution in [2.75, 3.05) is 5.32 Å². The normalized spacial score (nSPS) is 11.2. The van der Waals surface area contributed by atoms with Crippen molar-refractivity contribution in [1.29, 1.82) is 0 Å². The molecule has 1 aromatic carbocycles. The molecule has 4 heterocycles. The fourth-order valence-corrected chi connectivity index (χ4v) is 4.03. The lowest BCUT2D eigenvalue weighted by atomic mass is 10.1. The number of amides is 1. The SMILES string of the molecule is Cc1nn(CC(=O)Nc2cnn(Cc3ccc(Cl)c(Cl)c3)c2)c2nccc(-c3ccco3)c12. The summed E-state index contributed by atoms with van der Waals surface area (Å²) >= 11 is 12.0. The number of pyridine rings is 1. The second-order valence-electron chi connectivity index (χ2n) is 7.50. The summed E-state index contributed by atoms with van der Waals surface area (Å²) in [5, 5.41) is 13.5. The molecule has 1 N–H and O–H groups in total. The number of hydrogen-bond donors (Lipinski definition) is 1. The van der Waals surface area contributed by atoms with E-state index in [-0.39, 0.29) is 12.5 Å². The number of aromatic nitrogens is 5. The Kier molecular flexibility index (Phi) is 5.62. The van der Waals surface area contributed by atoms with Crippen LogP contribution in [0, 0.1) is 6.92 Å². The number of hydrogen-bond acceptors (Lipinski definition) is 5. The molecule has 5 rings (SSSR count). The summed E-state index contributed by atoms with van der Waals surface area (Å²) in [6.07, 6.45) is 6.65. The minimum Gasteiger partial charge on any atom is -0.464 e. The van der Waals surface area contributed by atoms with Crippen molar-refractivity contribution >= 4 is 45.8 Å². The lowest BCUT2D eigenvalue weighted by Gasteiger charge is -2.05. The summed E-state index contributed by atoms with van der Waals surface area (Å²) in [5.74, 6) is 0.488. The van der Waals surface area contributed by atoms with E-state index < -0.39 is 0 Å². The monoisotopic (exact) mass is 480 g/mol. The van der Waals surface area contributed by atoms with E-state index in [9.17, 15) is 4.79 Å². The minimum atomic E-state index is -0.237. The van der Waals surface area contributed by atoms with Gasteiger partial charge < -0.3 is 9.73 Å². The Balaban J connectivity index is 1.31. The molecule has 1 amide bonds. The number of nitrogens with zero attached hydrogens (tertiary/aromatic N) is 5. The summed E-state index contributed by atoms with van der Waals surface area (Å²) in [7, 11) is 0. The zero-order chi connectivity index (χ0) is 22.9. The quantitative estimate of drug-likeness (QED) is 0.361. The zero-order valence-electron chi connectivity index (χ0n) is 17.5. The van der Waals surface area contributed by atoms with Crippen LogP contribution in [0.3, 0.4) is 0 Å². The molecule has 0 fully saturated rings. The van der Waals surface area contributed by atoms with Crippen LogP contribution in [0.4, 0.5) is 5.69 Å². The molecule has 5 aromatic rings. The maximum atomic E-state index is 12.7. The molecule has 8 nitrogen and oxygen atoms in total. The molecular weight excluding hydrogens is 463 g/mol. The number of fused-ring (bicyclic) bond motifs is 1. The average Bonchev–Trinajstić information content (AvgIpc) is 3.53. The molecule has 0 spiro atoms. The van der Waals surface area contributed by atoms with Crippen LogP contribution in [0.1, 0.15) is 11.3 Å². The van der Waals surface area contributed by atoms with Gasteiger partial charge in [0.05, 0.1) is 45.8 Å². The lowest BCUT2D eigenvalue weighted by Crippen LogP contribution is -2.19. The molecular formula is C23H18Cl2N6O2. The Morgan fingerprint density at radius 3 is 2.85 bits per heavy atom. The third-order valence-electron chi connectivity index (χ3n) is 5.13. The molecule has 10 heteroatoms. The predicted octanol–water partition coefficient (Wildman–Crippen LogP) is 5.19. The first-order chi connectivity index (χ1) is 16.0. The Hall–Kier alpha value is -3.62. The van der Waals surface area contributed by atoms with Gasteiger partial charge in [0.25, 0.3) is 0 Å². The number of nitrogens with one attached hydrogen (secondary N) is 1. The van der Waals surface area contributed by atoms with E-state index in [2.05, 4.69) is 20.5 Å². The highest BCUT2D eigenvalue weighted by atomic mass is 35.5. The van der Waals surface area contributed by atoms with Gasteiger partial charge in [0.2, 0.25) is 5.91 Å². The molecule has 0 saturated carbocycles. The van der Waals surface area contributed by atoms with Crippen LogP contribution in [-0.2, 0) is 17.9 Å². The Labute approximate surface area is 198 Å². The van der Waals surface area contributed by atoms with Gasteiger partial charge in [-0.05, 0) is 42.8 Å². The van der Waals surface area contributed by atoms with E-state index in [1.54, 1.807) is 46.4 Å². The fourth-order valence-electron chi connectivity index (χ4n) is 3.71. The fraction of sp³-hybridized carbons (Fsp3) is 0.130. The van der Waals surface area contributed by atoms with Gasteiger partial charge in [-0.1, -0.05) is 29.3 Å². The lowest BCUT2D eigenvalue weighted by molar-refractivity contribution is -0.116. The minimum absolute atomic E-state index is 0.0108. The number of benzene rings is 1. The predicted molar refractivity (Wildman–Crippen MR) is 126 cm³/mol. The Morgan fingerprint density at radius 2 is 2.06 bits per heavy atom. The first-order valence-electron chi connectivity index (χ1n) is 10.1. The van der Waals surface area contributed by atoms with Gasteiger partial charge in [0, 0.05) is 18.0 Å². The van der Waals surface area contributed by atoms with Gasteiger partial charge in [0.1, 0.15) is 12.3 Å². The molecule has 0 saturated heterocycles. The molecule has 0 unspecified atom stereocenters. The molecule has 0 bridgehead atoms. The Morgan fingerprint density at radius 1 is 1.18 bits per heavy atom. The van der Waals surface area contributed by atoms with Crippen molar-refractivity contribution in [3.63, 3.8) is 0 Å². The van der Waals surface area contributed by atoms with Gasteiger partial charge >= 0.3 is 0 Å². The summed E-state index contributed by atoms with van der Waals surface area (Å²) in [4.78, 5) is 17.1. The standard InChI is InChI=1S/C23H18Cl2N6O2/c1-14-22-17(20-3-2-8-33-20)6-7-26-23(22)31(29-14)13-21(32)28-16-10-27-30(12-16)11-15-4-5-18(24)19(25)9-15/h2-10,12H,11,13H2,1H3,(H,28,32). The maximum absolute atomic E-state index is 12.7. The number of anilines is 1. The molecule has 33 heavy (non-hydrogen) atoms. The van der Waals surface area contributed by atoms with Crippen LogP contribution in [0.5, 0.6) is 0 Å². The van der Waals surface area contributed by atoms with Crippen LogP contribution < -0.4 is 5.32 Å². The van der Waals surface area contributed by atoms with E-state index in [1.807, 2.05) is 31.2 Å². The van der Waals surface area contributed by atoms with Crippen LogP contribution in [0.15, 0.2) is 65.7 Å². The van der Waals surface area contributed by atoms with E-state index in [1.165, 1.54) is 0 Å². The van der Waals surface area contributed by atoms with E-state index in [4.69, 9.17) is 27.6 Å². The molecule has 0 atom stereocenters. The first-order valence-corrected chi connectivity index (χ1v) is 10.9. The molecule has 0 aliphatic carbocycles. The summed E-state index contributed by atoms with van der Waals surface area (Å²) < 4.78 is 8.84. The van der Waals surface area contributed by atoms with E-state index in [0.717, 1.165) is 28.0 Å². The summed E-state index contributed by atoms with van der Waals surface area (Å²) in [6, 6.07) is 11.0. The van der Waals surface area contributed by atoms with E-state index in [0.29, 0.717) is 27.9 Å². The largest absolute Gasteiger partial charge is 0.464 e. The van der Waals surface area contributed by atoms with Crippen LogP contribution in [0.25, 0.3) is 22.4 Å². The van der Waals surface area contributed by atoms with Gasteiger partial charge in [-0.3, -0.25) is 9.48 Å². The number of carbonyl (C=O) groups excluding carboxylic acids is 1. The van der Waals surface area contributed by atoms with Gasteiger partial charge in [-0.25, -0.2) is 9.67 Å². The second kappa shape index (κ2) is 8.73. The highest BCUT2D eigenvalue weighted by Crippen LogP contribution is 2.30. The number of furan rings is 1. The molecule has 4 aromatic heterocycles. The summed E-state index contributed by atoms with van der Waals surface area (Å²) in [6.45, 7) is 2.39. The van der Waals surface area contributed by atoms with Crippen molar-refractivity contribution in [2.45, 2.75) is 20.0 Å². The van der Waals surface area contributed by atoms with Crippen LogP contribution in [-0.4, -0.2) is 30.5 Å². The van der Waals surface area contributed by atoms with Crippen LogP contribution in [0.2, 0.25) is 10.0 Å². The van der Waals surface area contributed by atoms with Crippen molar-refractivity contribution < 1.29 is 9.21 Å². The third-order valence-corrected chi connectivity index (χ3v) is 5.87. The number of aryl methyl sites for hydroxylation is 1. The first kappa shape index (κ1) is 21.2. The smallest absolute Gasteiger partial charge is 0.246 e. The van der Waals surface area contributed by atoms with Gasteiger partial charge in [-0.2, -0.15) is 10.2 Å². The molecule has 0 aliphatic heterocycles. The third kappa shape index (κ3) is 4.35. The van der Waals surface area contributed by atoms with E-state index >= 15 is 0 Å². The molecule has 166 valence electrons. The van der Waals surface area contributed by atoms with Crippen molar-refractivity contribution in [3.8, 4) is 11.3 Å². The topological polar surface area (TPSA) is 90.8 Å². The van der Waals surface area contributed by atoms with Gasteiger partial charge in [-0.15, -0.1) is 0 Å². The van der Waals surface area contributed by atoms with Crippen molar-refractivity contribution in [3.05, 3.63) is 82.6 Å². The highest BCUT2D eigenvalue weighted by molar-refractivity contribution is 6.42. The second-order valence-corrected chi connectivity index (χ2v) is 8.32. The number of rotatable bonds is 6. The number of carbonyl (C=O) groups is 1. The average molecular weight is 481 g/mol.